The minimum absolute atomic E-state index is 0.131. The Labute approximate surface area is 460 Å². The van der Waals surface area contributed by atoms with Crippen LogP contribution in [0, 0.1) is 66.7 Å². The fourth-order valence-corrected chi connectivity index (χ4v) is 12.4. The van der Waals surface area contributed by atoms with Crippen LogP contribution in [0.25, 0.3) is 111 Å². The Morgan fingerprint density at radius 1 is 0.338 bits per heavy atom. The van der Waals surface area contributed by atoms with Crippen LogP contribution >= 0.6 is 0 Å². The van der Waals surface area contributed by atoms with E-state index in [9.17, 15) is 5.26 Å². The van der Waals surface area contributed by atoms with Gasteiger partial charge in [-0.25, -0.2) is 0 Å². The number of hydrogen-bond donors (Lipinski definition) is 0. The van der Waals surface area contributed by atoms with Gasteiger partial charge in [0.05, 0.1) is 44.6 Å². The highest BCUT2D eigenvalue weighted by molar-refractivity contribution is 6.14. The smallest absolute Gasteiger partial charge is 0.308 e. The SMILES string of the molecule is Cc1cc(C)cc(-c2ccc3c4ccc(-c5cc(C)cc(C)c5)cc4n(-c4ccc(-c5c(C(F)(F)F)cccc5C(F)(F)F)c(-n5c6cc(-c7cc(C)cc(C)c7)ccc6c6ccc(-c7cc(C)cc(C)c7)cc65)c4C#N)c3c2)c1. The fraction of sp³-hybridized carbons (Fsp3) is 0.141. The van der Waals surface area contributed by atoms with Crippen LogP contribution in [0.3, 0.4) is 0 Å². The van der Waals surface area contributed by atoms with E-state index < -0.39 is 34.6 Å². The van der Waals surface area contributed by atoms with Crippen LogP contribution < -0.4 is 0 Å². The van der Waals surface area contributed by atoms with Gasteiger partial charge in [-0.2, -0.15) is 31.6 Å². The summed E-state index contributed by atoms with van der Waals surface area (Å²) in [5.41, 5.74) is 13.2. The molecule has 0 saturated heterocycles. The van der Waals surface area contributed by atoms with Gasteiger partial charge in [-0.1, -0.05) is 178 Å². The van der Waals surface area contributed by atoms with Crippen LogP contribution in [0.15, 0.2) is 176 Å². The lowest BCUT2D eigenvalue weighted by molar-refractivity contribution is -0.142. The van der Waals surface area contributed by atoms with Crippen molar-refractivity contribution >= 4 is 43.6 Å². The van der Waals surface area contributed by atoms with Crippen LogP contribution in [-0.4, -0.2) is 9.13 Å². The summed E-state index contributed by atoms with van der Waals surface area (Å²) in [7, 11) is 0. The van der Waals surface area contributed by atoms with E-state index in [1.807, 2.05) is 133 Å². The van der Waals surface area contributed by atoms with Gasteiger partial charge in [-0.15, -0.1) is 0 Å². The fourth-order valence-electron chi connectivity index (χ4n) is 12.4. The number of alkyl halides is 6. The number of hydrogen-bond acceptors (Lipinski definition) is 1. The van der Waals surface area contributed by atoms with Crippen LogP contribution in [0.4, 0.5) is 26.3 Å². The Morgan fingerprint density at radius 2 is 0.637 bits per heavy atom. The van der Waals surface area contributed by atoms with E-state index in [1.54, 1.807) is 4.57 Å². The van der Waals surface area contributed by atoms with Crippen molar-refractivity contribution in [3.8, 4) is 73.1 Å². The molecule has 10 aromatic carbocycles. The first-order chi connectivity index (χ1) is 38.1. The summed E-state index contributed by atoms with van der Waals surface area (Å²) >= 11 is 0. The Hall–Kier alpha value is -9.13. The summed E-state index contributed by atoms with van der Waals surface area (Å²) in [6, 6.07) is 56.5. The molecule has 394 valence electrons. The minimum atomic E-state index is -5.24. The number of aromatic nitrogens is 2. The highest BCUT2D eigenvalue weighted by atomic mass is 19.4. The van der Waals surface area contributed by atoms with E-state index in [0.29, 0.717) is 45.0 Å². The molecule has 0 amide bonds. The van der Waals surface area contributed by atoms with E-state index in [2.05, 4.69) is 78.9 Å². The molecule has 0 aliphatic rings. The third-order valence-electron chi connectivity index (χ3n) is 15.4. The number of aryl methyl sites for hydroxylation is 8. The quantitative estimate of drug-likeness (QED) is 0.146. The zero-order chi connectivity index (χ0) is 56.3. The highest BCUT2D eigenvalue weighted by Gasteiger charge is 2.42. The maximum absolute atomic E-state index is 15.7. The van der Waals surface area contributed by atoms with Gasteiger partial charge in [0.1, 0.15) is 11.6 Å². The first-order valence-corrected chi connectivity index (χ1v) is 26.5. The van der Waals surface area contributed by atoms with Crippen molar-refractivity contribution in [1.82, 2.24) is 9.13 Å². The Kier molecular flexibility index (Phi) is 12.3. The van der Waals surface area contributed by atoms with E-state index in [0.717, 1.165) is 106 Å². The van der Waals surface area contributed by atoms with E-state index in [-0.39, 0.29) is 16.9 Å². The maximum Gasteiger partial charge on any atom is 0.417 e. The van der Waals surface area contributed by atoms with Crippen molar-refractivity contribution in [2.24, 2.45) is 0 Å². The molecular formula is C71H53F6N3. The van der Waals surface area contributed by atoms with Gasteiger partial charge in [-0.3, -0.25) is 0 Å². The topological polar surface area (TPSA) is 33.6 Å². The van der Waals surface area contributed by atoms with Gasteiger partial charge >= 0.3 is 12.4 Å². The van der Waals surface area contributed by atoms with E-state index >= 15 is 26.3 Å². The maximum atomic E-state index is 15.7. The second-order valence-corrected chi connectivity index (χ2v) is 21.8. The molecule has 0 radical (unpaired) electrons. The summed E-state index contributed by atoms with van der Waals surface area (Å²) < 4.78 is 98.1. The summed E-state index contributed by atoms with van der Waals surface area (Å²) in [6.07, 6.45) is -10.5. The molecule has 0 unspecified atom stereocenters. The molecule has 12 aromatic rings. The average Bonchev–Trinajstić information content (AvgIpc) is 4.13. The zero-order valence-electron chi connectivity index (χ0n) is 45.4. The Morgan fingerprint density at radius 3 is 0.925 bits per heavy atom. The number of rotatable bonds is 7. The van der Waals surface area contributed by atoms with Gasteiger partial charge in [0.25, 0.3) is 0 Å². The average molecular weight is 1060 g/mol. The van der Waals surface area contributed by atoms with Crippen molar-refractivity contribution in [3.05, 3.63) is 237 Å². The molecule has 80 heavy (non-hydrogen) atoms. The first kappa shape index (κ1) is 51.6. The third kappa shape index (κ3) is 8.99. The molecule has 0 saturated carbocycles. The molecule has 9 heteroatoms. The number of halogens is 6. The van der Waals surface area contributed by atoms with Crippen molar-refractivity contribution < 1.29 is 26.3 Å². The molecule has 0 spiro atoms. The van der Waals surface area contributed by atoms with Crippen molar-refractivity contribution in [1.29, 1.82) is 5.26 Å². The zero-order valence-corrected chi connectivity index (χ0v) is 45.4. The lowest BCUT2D eigenvalue weighted by atomic mass is 9.90. The summed E-state index contributed by atoms with van der Waals surface area (Å²) in [5, 5.41) is 15.2. The molecule has 3 nitrogen and oxygen atoms in total. The van der Waals surface area contributed by atoms with Crippen LogP contribution in [0.1, 0.15) is 61.2 Å². The normalized spacial score (nSPS) is 12.1. The van der Waals surface area contributed by atoms with E-state index in [1.165, 1.54) is 12.1 Å². The second-order valence-electron chi connectivity index (χ2n) is 21.8. The number of nitrogens with zero attached hydrogens (tertiary/aromatic N) is 3. The summed E-state index contributed by atoms with van der Waals surface area (Å²) in [5.74, 6) is 0. The van der Waals surface area contributed by atoms with E-state index in [4.69, 9.17) is 0 Å². The molecule has 2 aromatic heterocycles. The van der Waals surface area contributed by atoms with Crippen LogP contribution in [0.5, 0.6) is 0 Å². The van der Waals surface area contributed by atoms with Gasteiger partial charge < -0.3 is 9.13 Å². The molecule has 0 bridgehead atoms. The second kappa shape index (κ2) is 19.1. The number of nitriles is 1. The number of fused-ring (bicyclic) bond motifs is 6. The standard InChI is InChI=1S/C71H53F6N3/c1-39-22-40(2)27-51(26-39)47-12-16-55-56-17-13-48(52-28-41(3)23-42(4)29-52)35-65(56)79(64(55)34-47)63-21-20-59(68-61(70(72,73)74)10-9-11-62(68)71(75,76)77)69(60(63)38-78)80-66-36-49(53-30-43(5)24-44(6)31-53)14-18-57(66)58-19-15-50(37-67(58)80)54-32-45(7)25-46(8)33-54/h9-37H,1-8H3. The van der Waals surface area contributed by atoms with Crippen LogP contribution in [-0.2, 0) is 12.4 Å². The van der Waals surface area contributed by atoms with Gasteiger partial charge in [0.2, 0.25) is 0 Å². The Bertz CT molecular complexity index is 4280. The van der Waals surface area contributed by atoms with Gasteiger partial charge in [-0.05, 0) is 142 Å². The van der Waals surface area contributed by atoms with Crippen LogP contribution in [0.2, 0.25) is 0 Å². The predicted octanol–water partition coefficient (Wildman–Crippen LogP) is 20.6. The van der Waals surface area contributed by atoms with Crippen molar-refractivity contribution in [2.75, 3.05) is 0 Å². The van der Waals surface area contributed by atoms with Gasteiger partial charge in [0.15, 0.2) is 0 Å². The largest absolute Gasteiger partial charge is 0.417 e. The molecule has 0 aliphatic carbocycles. The monoisotopic (exact) mass is 1060 g/mol. The first-order valence-electron chi connectivity index (χ1n) is 26.5. The molecular weight excluding hydrogens is 1010 g/mol. The third-order valence-corrected chi connectivity index (χ3v) is 15.4. The summed E-state index contributed by atoms with van der Waals surface area (Å²) in [4.78, 5) is 0. The number of benzene rings is 10. The molecule has 0 N–H and O–H groups in total. The Balaban J connectivity index is 1.29. The minimum Gasteiger partial charge on any atom is -0.308 e. The van der Waals surface area contributed by atoms with Crippen molar-refractivity contribution in [2.45, 2.75) is 67.7 Å². The lowest BCUT2D eigenvalue weighted by Gasteiger charge is -2.24. The molecule has 0 atom stereocenters. The van der Waals surface area contributed by atoms with Crippen molar-refractivity contribution in [3.63, 3.8) is 0 Å². The predicted molar refractivity (Wildman–Crippen MR) is 315 cm³/mol. The molecule has 2 heterocycles. The molecule has 0 fully saturated rings. The molecule has 0 aliphatic heterocycles. The highest BCUT2D eigenvalue weighted by Crippen LogP contribution is 2.50. The lowest BCUT2D eigenvalue weighted by Crippen LogP contribution is -2.16. The molecule has 12 rings (SSSR count). The summed E-state index contributed by atoms with van der Waals surface area (Å²) in [6.45, 7) is 16.1. The van der Waals surface area contributed by atoms with Gasteiger partial charge in [0, 0.05) is 32.7 Å².